The Morgan fingerprint density at radius 1 is 1.23 bits per heavy atom. The number of carbonyl (C=O) groups excluding carboxylic acids is 1. The molecule has 0 spiro atoms. The molecule has 116 valence electrons. The number of para-hydroxylation sites is 1. The summed E-state index contributed by atoms with van der Waals surface area (Å²) in [5.41, 5.74) is 1.93. The Bertz CT molecular complexity index is 811. The molecule has 2 aromatic rings. The number of fused-ring (bicyclic) bond motifs is 1. The number of hydrogen-bond donors (Lipinski definition) is 1. The summed E-state index contributed by atoms with van der Waals surface area (Å²) in [6, 6.07) is 8.94. The van der Waals surface area contributed by atoms with E-state index in [2.05, 4.69) is 4.72 Å². The van der Waals surface area contributed by atoms with Crippen molar-refractivity contribution in [3.05, 3.63) is 53.9 Å². The SMILES string of the molecule is Cn1ccc(C(=O)NS(=O)(=O)N2CCCc3ccccc32)c1. The molecule has 1 aliphatic heterocycles. The molecule has 0 aliphatic carbocycles. The summed E-state index contributed by atoms with van der Waals surface area (Å²) < 4.78 is 30.2. The van der Waals surface area contributed by atoms with Crippen LogP contribution in [0.2, 0.25) is 0 Å². The van der Waals surface area contributed by atoms with E-state index >= 15 is 0 Å². The molecule has 0 unspecified atom stereocenters. The third kappa shape index (κ3) is 2.71. The second-order valence-corrected chi connectivity index (χ2v) is 6.90. The largest absolute Gasteiger partial charge is 0.356 e. The maximum absolute atomic E-state index is 12.5. The number of aryl methyl sites for hydroxylation is 2. The monoisotopic (exact) mass is 319 g/mol. The fraction of sp³-hybridized carbons (Fsp3) is 0.267. The zero-order valence-electron chi connectivity index (χ0n) is 12.2. The van der Waals surface area contributed by atoms with E-state index in [1.54, 1.807) is 42.2 Å². The Balaban J connectivity index is 1.86. The zero-order valence-corrected chi connectivity index (χ0v) is 13.0. The van der Waals surface area contributed by atoms with Crippen LogP contribution in [-0.4, -0.2) is 25.4 Å². The minimum absolute atomic E-state index is 0.316. The van der Waals surface area contributed by atoms with E-state index in [1.807, 2.05) is 12.1 Å². The fourth-order valence-electron chi connectivity index (χ4n) is 2.62. The highest BCUT2D eigenvalue weighted by Crippen LogP contribution is 2.28. The lowest BCUT2D eigenvalue weighted by Crippen LogP contribution is -2.45. The molecular weight excluding hydrogens is 302 g/mol. The number of anilines is 1. The van der Waals surface area contributed by atoms with Gasteiger partial charge in [-0.05, 0) is 30.5 Å². The van der Waals surface area contributed by atoms with Crippen molar-refractivity contribution in [2.45, 2.75) is 12.8 Å². The quantitative estimate of drug-likeness (QED) is 0.931. The average Bonchev–Trinajstić information content (AvgIpc) is 2.93. The van der Waals surface area contributed by atoms with Crippen LogP contribution in [0.15, 0.2) is 42.7 Å². The number of nitrogens with zero attached hydrogens (tertiary/aromatic N) is 2. The van der Waals surface area contributed by atoms with Crippen LogP contribution in [0.25, 0.3) is 0 Å². The summed E-state index contributed by atoms with van der Waals surface area (Å²) in [6.45, 7) is 0.369. The molecule has 1 aromatic heterocycles. The summed E-state index contributed by atoms with van der Waals surface area (Å²) in [4.78, 5) is 12.1. The molecule has 7 heteroatoms. The van der Waals surface area contributed by atoms with Crippen LogP contribution in [0.4, 0.5) is 5.69 Å². The first-order chi connectivity index (χ1) is 10.5. The lowest BCUT2D eigenvalue weighted by atomic mass is 10.0. The lowest BCUT2D eigenvalue weighted by Gasteiger charge is -2.30. The summed E-state index contributed by atoms with van der Waals surface area (Å²) in [6.07, 6.45) is 4.85. The van der Waals surface area contributed by atoms with Crippen molar-refractivity contribution in [1.82, 2.24) is 9.29 Å². The van der Waals surface area contributed by atoms with Crippen molar-refractivity contribution in [3.8, 4) is 0 Å². The zero-order chi connectivity index (χ0) is 15.7. The number of amides is 1. The first kappa shape index (κ1) is 14.6. The molecule has 1 amide bonds. The molecule has 1 aromatic carbocycles. The van der Waals surface area contributed by atoms with Gasteiger partial charge in [0.15, 0.2) is 0 Å². The number of rotatable bonds is 3. The van der Waals surface area contributed by atoms with E-state index in [4.69, 9.17) is 0 Å². The Kier molecular flexibility index (Phi) is 3.66. The van der Waals surface area contributed by atoms with Gasteiger partial charge in [0.1, 0.15) is 0 Å². The maximum Gasteiger partial charge on any atom is 0.326 e. The number of hydrogen-bond acceptors (Lipinski definition) is 3. The Morgan fingerprint density at radius 2 is 2.00 bits per heavy atom. The van der Waals surface area contributed by atoms with Gasteiger partial charge in [0, 0.05) is 26.0 Å². The van der Waals surface area contributed by atoms with Crippen LogP contribution in [0.1, 0.15) is 22.3 Å². The molecule has 0 radical (unpaired) electrons. The summed E-state index contributed by atoms with van der Waals surface area (Å²) in [5, 5.41) is 0. The molecule has 2 heterocycles. The van der Waals surface area contributed by atoms with Crippen molar-refractivity contribution in [3.63, 3.8) is 0 Å². The third-order valence-corrected chi connectivity index (χ3v) is 5.08. The number of aromatic nitrogens is 1. The molecule has 0 saturated heterocycles. The topological polar surface area (TPSA) is 71.4 Å². The molecule has 0 fully saturated rings. The minimum atomic E-state index is -3.91. The average molecular weight is 319 g/mol. The first-order valence-corrected chi connectivity index (χ1v) is 8.46. The predicted molar refractivity (Wildman–Crippen MR) is 83.9 cm³/mol. The summed E-state index contributed by atoms with van der Waals surface area (Å²) in [7, 11) is -2.14. The third-order valence-electron chi connectivity index (χ3n) is 3.67. The lowest BCUT2D eigenvalue weighted by molar-refractivity contribution is 0.0981. The van der Waals surface area contributed by atoms with Gasteiger partial charge in [-0.25, -0.2) is 4.72 Å². The van der Waals surface area contributed by atoms with Gasteiger partial charge in [0.25, 0.3) is 5.91 Å². The normalized spacial score (nSPS) is 14.5. The van der Waals surface area contributed by atoms with Gasteiger partial charge in [-0.3, -0.25) is 9.10 Å². The van der Waals surface area contributed by atoms with E-state index in [1.165, 1.54) is 4.31 Å². The first-order valence-electron chi connectivity index (χ1n) is 7.02. The van der Waals surface area contributed by atoms with Gasteiger partial charge < -0.3 is 4.57 Å². The second-order valence-electron chi connectivity index (χ2n) is 5.31. The maximum atomic E-state index is 12.5. The van der Waals surface area contributed by atoms with Gasteiger partial charge in [-0.1, -0.05) is 18.2 Å². The molecule has 1 aliphatic rings. The number of carbonyl (C=O) groups is 1. The summed E-state index contributed by atoms with van der Waals surface area (Å²) >= 11 is 0. The molecule has 22 heavy (non-hydrogen) atoms. The number of benzene rings is 1. The standard InChI is InChI=1S/C15H17N3O3S/c1-17-10-8-13(11-17)15(19)16-22(20,21)18-9-4-6-12-5-2-3-7-14(12)18/h2-3,5,7-8,10-11H,4,6,9H2,1H3,(H,16,19). The smallest absolute Gasteiger partial charge is 0.326 e. The Hall–Kier alpha value is -2.28. The van der Waals surface area contributed by atoms with E-state index < -0.39 is 16.1 Å². The van der Waals surface area contributed by atoms with Crippen LogP contribution in [-0.2, 0) is 23.7 Å². The van der Waals surface area contributed by atoms with Gasteiger partial charge >= 0.3 is 10.2 Å². The van der Waals surface area contributed by atoms with Crippen molar-refractivity contribution >= 4 is 21.8 Å². The fourth-order valence-corrected chi connectivity index (χ4v) is 3.89. The van der Waals surface area contributed by atoms with Crippen molar-refractivity contribution in [2.24, 2.45) is 7.05 Å². The van der Waals surface area contributed by atoms with Crippen LogP contribution < -0.4 is 9.03 Å². The van der Waals surface area contributed by atoms with Gasteiger partial charge in [-0.15, -0.1) is 0 Å². The predicted octanol–water partition coefficient (Wildman–Crippen LogP) is 1.45. The highest BCUT2D eigenvalue weighted by Gasteiger charge is 2.29. The minimum Gasteiger partial charge on any atom is -0.356 e. The molecule has 6 nitrogen and oxygen atoms in total. The van der Waals surface area contributed by atoms with Crippen molar-refractivity contribution < 1.29 is 13.2 Å². The molecule has 0 atom stereocenters. The van der Waals surface area contributed by atoms with Crippen molar-refractivity contribution in [1.29, 1.82) is 0 Å². The van der Waals surface area contributed by atoms with E-state index in [-0.39, 0.29) is 0 Å². The van der Waals surface area contributed by atoms with Gasteiger partial charge in [0.2, 0.25) is 0 Å². The van der Waals surface area contributed by atoms with Crippen LogP contribution in [0.5, 0.6) is 0 Å². The van der Waals surface area contributed by atoms with E-state index in [0.29, 0.717) is 17.8 Å². The van der Waals surface area contributed by atoms with Gasteiger partial charge in [0.05, 0.1) is 11.3 Å². The van der Waals surface area contributed by atoms with E-state index in [9.17, 15) is 13.2 Å². The van der Waals surface area contributed by atoms with Crippen molar-refractivity contribution in [2.75, 3.05) is 10.8 Å². The highest BCUT2D eigenvalue weighted by molar-refractivity contribution is 7.91. The summed E-state index contributed by atoms with van der Waals surface area (Å²) in [5.74, 6) is -0.622. The Labute approximate surface area is 129 Å². The highest BCUT2D eigenvalue weighted by atomic mass is 32.2. The second kappa shape index (κ2) is 5.49. The molecular formula is C15H17N3O3S. The number of nitrogens with one attached hydrogen (secondary N) is 1. The van der Waals surface area contributed by atoms with Crippen LogP contribution in [0.3, 0.4) is 0 Å². The van der Waals surface area contributed by atoms with E-state index in [0.717, 1.165) is 18.4 Å². The molecule has 0 bridgehead atoms. The van der Waals surface area contributed by atoms with Crippen LogP contribution >= 0.6 is 0 Å². The van der Waals surface area contributed by atoms with Gasteiger partial charge in [-0.2, -0.15) is 8.42 Å². The Morgan fingerprint density at radius 3 is 2.73 bits per heavy atom. The molecule has 3 rings (SSSR count). The molecule has 1 N–H and O–H groups in total. The van der Waals surface area contributed by atoms with Crippen LogP contribution in [0, 0.1) is 0 Å². The molecule has 0 saturated carbocycles.